The van der Waals surface area contributed by atoms with Gasteiger partial charge in [-0.15, -0.1) is 0 Å². The van der Waals surface area contributed by atoms with Gasteiger partial charge in [0.05, 0.1) is 0 Å². The van der Waals surface area contributed by atoms with E-state index in [9.17, 15) is 0 Å². The van der Waals surface area contributed by atoms with Gasteiger partial charge in [0, 0.05) is 0 Å². The van der Waals surface area contributed by atoms with Crippen molar-refractivity contribution in [3.05, 3.63) is 25.6 Å². The number of nitrogens with zero attached hydrogens (tertiary/aromatic N) is 1. The molecular weight excluding hydrogens is 412 g/mol. The van der Waals surface area contributed by atoms with E-state index in [1.807, 2.05) is 12.1 Å². The fraction of sp³-hybridized carbons (Fsp3) is 0. The molecule has 1 aromatic carbocycles. The molecule has 0 bridgehead atoms. The predicted octanol–water partition coefficient (Wildman–Crippen LogP) is 5.03. The number of hydrogen-bond acceptors (Lipinski definition) is 1. The molecule has 1 rings (SSSR count). The normalized spacial score (nSPS) is 11.0. The molecule has 0 aromatic heterocycles. The molecule has 0 unspecified atom stereocenters. The zero-order chi connectivity index (χ0) is 9.14. The molecule has 1 nitrogen and oxygen atoms in total. The summed E-state index contributed by atoms with van der Waals surface area (Å²) in [7, 11) is 5.59. The van der Waals surface area contributed by atoms with Crippen molar-refractivity contribution in [2.75, 3.05) is 0 Å². The van der Waals surface area contributed by atoms with Gasteiger partial charge in [-0.25, -0.2) is 0 Å². The quantitative estimate of drug-likeness (QED) is 0.612. The van der Waals surface area contributed by atoms with E-state index in [-0.39, 0.29) is 0 Å². The number of halogens is 4. The van der Waals surface area contributed by atoms with Crippen LogP contribution >= 0.6 is 57.6 Å². The van der Waals surface area contributed by atoms with E-state index in [0.29, 0.717) is 0 Å². The summed E-state index contributed by atoms with van der Waals surface area (Å²) >= 11 is 9.71. The molecule has 0 aliphatic rings. The molecule has 0 atom stereocenters. The first-order chi connectivity index (χ1) is 5.65. The second-order valence-corrected chi connectivity index (χ2v) is 5.69. The van der Waals surface area contributed by atoms with Gasteiger partial charge in [-0.2, -0.15) is 0 Å². The van der Waals surface area contributed by atoms with E-state index in [0.717, 1.165) is 19.1 Å². The van der Waals surface area contributed by atoms with Crippen LogP contribution in [0.4, 0.5) is 5.69 Å². The molecule has 0 heterocycles. The molecule has 0 fully saturated rings. The third-order valence-corrected chi connectivity index (χ3v) is 3.53. The molecule has 0 aliphatic heterocycles. The van der Waals surface area contributed by atoms with Crippen molar-refractivity contribution in [3.8, 4) is 0 Å². The minimum absolute atomic E-state index is 0.466. The van der Waals surface area contributed by atoms with Crippen LogP contribution in [0.2, 0.25) is 0 Å². The first-order valence-electron chi connectivity index (χ1n) is 2.81. The first-order valence-corrected chi connectivity index (χ1v) is 7.74. The second kappa shape index (κ2) is 5.27. The molecule has 6 heteroatoms. The zero-order valence-corrected chi connectivity index (χ0v) is 12.5. The van der Waals surface area contributed by atoms with Gasteiger partial charge in [-0.1, -0.05) is 0 Å². The SMILES string of the molecule is [Cl][V]=[N]c1c(Br)cc(Br)cc1Br. The van der Waals surface area contributed by atoms with Crippen LogP contribution in [0.15, 0.2) is 29.3 Å². The Labute approximate surface area is 107 Å². The molecule has 0 saturated heterocycles. The first kappa shape index (κ1) is 11.4. The number of benzene rings is 1. The van der Waals surface area contributed by atoms with Crippen molar-refractivity contribution in [1.82, 2.24) is 0 Å². The van der Waals surface area contributed by atoms with Crippen molar-refractivity contribution in [1.29, 1.82) is 0 Å². The molecule has 0 aliphatic carbocycles. The molecule has 1 aromatic rings. The zero-order valence-electron chi connectivity index (χ0n) is 5.56. The Morgan fingerprint density at radius 3 is 2.08 bits per heavy atom. The van der Waals surface area contributed by atoms with Crippen LogP contribution in [0, 0.1) is 0 Å². The van der Waals surface area contributed by atoms with Crippen molar-refractivity contribution >= 4 is 63.3 Å². The van der Waals surface area contributed by atoms with Gasteiger partial charge >= 0.3 is 108 Å². The van der Waals surface area contributed by atoms with E-state index < -0.39 is 15.1 Å². The van der Waals surface area contributed by atoms with Crippen LogP contribution in [0.1, 0.15) is 0 Å². The summed E-state index contributed by atoms with van der Waals surface area (Å²) in [4.78, 5) is 0. The van der Waals surface area contributed by atoms with E-state index in [1.54, 1.807) is 0 Å². The fourth-order valence-electron chi connectivity index (χ4n) is 0.668. The Bertz CT molecular complexity index is 306. The summed E-state index contributed by atoms with van der Waals surface area (Å²) in [5, 5.41) is 0. The monoisotopic (exact) mass is 411 g/mol. The third kappa shape index (κ3) is 2.93. The number of hydrogen-bond donors (Lipinski definition) is 0. The van der Waals surface area contributed by atoms with Gasteiger partial charge in [0.15, 0.2) is 0 Å². The van der Waals surface area contributed by atoms with Crippen LogP contribution in [-0.4, -0.2) is 0 Å². The Morgan fingerprint density at radius 2 is 1.67 bits per heavy atom. The maximum atomic E-state index is 5.59. The Balaban J connectivity index is 3.28. The minimum atomic E-state index is -0.466. The molecule has 0 N–H and O–H groups in total. The summed E-state index contributed by atoms with van der Waals surface area (Å²) in [6, 6.07) is 3.88. The Morgan fingerprint density at radius 1 is 1.17 bits per heavy atom. The molecule has 0 spiro atoms. The summed E-state index contributed by atoms with van der Waals surface area (Å²) in [6.45, 7) is 0. The van der Waals surface area contributed by atoms with Crippen molar-refractivity contribution in [2.45, 2.75) is 0 Å². The van der Waals surface area contributed by atoms with E-state index in [4.69, 9.17) is 9.85 Å². The molecule has 0 saturated carbocycles. The average Bonchev–Trinajstić information content (AvgIpc) is 1.96. The molecule has 0 amide bonds. The second-order valence-electron chi connectivity index (χ2n) is 1.89. The summed E-state index contributed by atoms with van der Waals surface area (Å²) in [5.74, 6) is 0. The fourth-order valence-corrected chi connectivity index (χ4v) is 4.31. The molecule has 0 radical (unpaired) electrons. The van der Waals surface area contributed by atoms with Gasteiger partial charge < -0.3 is 0 Å². The summed E-state index contributed by atoms with van der Waals surface area (Å²) < 4.78 is 7.09. The van der Waals surface area contributed by atoms with Gasteiger partial charge in [0.1, 0.15) is 0 Å². The van der Waals surface area contributed by atoms with Gasteiger partial charge in [0.2, 0.25) is 0 Å². The predicted molar refractivity (Wildman–Crippen MR) is 57.5 cm³/mol. The Hall–Kier alpha value is 1.33. The maximum absolute atomic E-state index is 5.59. The van der Waals surface area contributed by atoms with Crippen molar-refractivity contribution in [2.24, 2.45) is 3.79 Å². The van der Waals surface area contributed by atoms with E-state index in [1.165, 1.54) is 0 Å². The van der Waals surface area contributed by atoms with E-state index >= 15 is 0 Å². The summed E-state index contributed by atoms with van der Waals surface area (Å²) in [6.07, 6.45) is 0. The summed E-state index contributed by atoms with van der Waals surface area (Å²) in [5.41, 5.74) is 0.883. The van der Waals surface area contributed by atoms with Gasteiger partial charge in [-0.3, -0.25) is 0 Å². The third-order valence-electron chi connectivity index (χ3n) is 1.12. The van der Waals surface area contributed by atoms with Crippen LogP contribution in [0.25, 0.3) is 0 Å². The van der Waals surface area contributed by atoms with Crippen molar-refractivity contribution < 1.29 is 15.1 Å². The van der Waals surface area contributed by atoms with Crippen LogP contribution < -0.4 is 0 Å². The molecule has 12 heavy (non-hydrogen) atoms. The molecular formula is C6H2Br3ClNV. The topological polar surface area (TPSA) is 12.4 Å². The average molecular weight is 414 g/mol. The Kier molecular flexibility index (Phi) is 5.01. The number of rotatable bonds is 1. The van der Waals surface area contributed by atoms with E-state index in [2.05, 4.69) is 51.6 Å². The van der Waals surface area contributed by atoms with Crippen molar-refractivity contribution in [3.63, 3.8) is 0 Å². The van der Waals surface area contributed by atoms with Crippen LogP contribution in [0.3, 0.4) is 0 Å². The van der Waals surface area contributed by atoms with Crippen LogP contribution in [-0.2, 0) is 15.1 Å². The van der Waals surface area contributed by atoms with Gasteiger partial charge in [-0.05, 0) is 0 Å². The standard InChI is InChI=1S/C6H2Br3N.ClH.V/c7-3-1-4(8)6(10)5(9)2-3;;/h1-2H;1H;/q;;+1/p-1. The van der Waals surface area contributed by atoms with Crippen LogP contribution in [0.5, 0.6) is 0 Å². The van der Waals surface area contributed by atoms with Gasteiger partial charge in [0.25, 0.3) is 0 Å². The molecule has 64 valence electrons.